The van der Waals surface area contributed by atoms with Crippen molar-refractivity contribution < 1.29 is 23.9 Å². The number of ether oxygens (including phenoxy) is 1. The van der Waals surface area contributed by atoms with Crippen LogP contribution in [0.5, 0.6) is 0 Å². The maximum absolute atomic E-state index is 13.2. The van der Waals surface area contributed by atoms with E-state index in [1.165, 1.54) is 23.1 Å². The first-order chi connectivity index (χ1) is 17.3. The predicted molar refractivity (Wildman–Crippen MR) is 137 cm³/mol. The Balaban J connectivity index is 1.56. The fourth-order valence-electron chi connectivity index (χ4n) is 3.67. The zero-order valence-electron chi connectivity index (χ0n) is 19.5. The molecule has 0 spiro atoms. The molecule has 0 saturated carbocycles. The topological polar surface area (TPSA) is 96.0 Å². The minimum Gasteiger partial charge on any atom is -0.462 e. The minimum absolute atomic E-state index is 0.135. The zero-order chi connectivity index (χ0) is 25.8. The zero-order valence-corrected chi connectivity index (χ0v) is 20.3. The highest BCUT2D eigenvalue weighted by Gasteiger charge is 2.39. The van der Waals surface area contributed by atoms with Crippen molar-refractivity contribution in [2.75, 3.05) is 28.8 Å². The van der Waals surface area contributed by atoms with E-state index in [0.717, 1.165) is 10.6 Å². The fourth-order valence-corrected chi connectivity index (χ4v) is 3.88. The predicted octanol–water partition coefficient (Wildman–Crippen LogP) is 4.58. The molecule has 3 aromatic rings. The average molecular weight is 504 g/mol. The van der Waals surface area contributed by atoms with Gasteiger partial charge in [0.15, 0.2) is 0 Å². The van der Waals surface area contributed by atoms with Crippen LogP contribution in [-0.2, 0) is 14.3 Å². The number of rotatable bonds is 7. The third kappa shape index (κ3) is 4.85. The van der Waals surface area contributed by atoms with Gasteiger partial charge in [-0.3, -0.25) is 14.4 Å². The largest absolute Gasteiger partial charge is 0.462 e. The summed E-state index contributed by atoms with van der Waals surface area (Å²) in [6, 6.07) is 21.7. The molecule has 0 aromatic heterocycles. The second-order valence-corrected chi connectivity index (χ2v) is 8.19. The average Bonchev–Trinajstić information content (AvgIpc) is 3.11. The summed E-state index contributed by atoms with van der Waals surface area (Å²) in [6.45, 7) is 1.87. The minimum atomic E-state index is -0.735. The monoisotopic (exact) mass is 503 g/mol. The van der Waals surface area contributed by atoms with Gasteiger partial charge in [-0.05, 0) is 55.5 Å². The molecule has 182 valence electrons. The summed E-state index contributed by atoms with van der Waals surface area (Å²) < 4.78 is 4.99. The number of carbonyl (C=O) groups excluding carboxylic acids is 4. The van der Waals surface area contributed by atoms with Crippen LogP contribution >= 0.6 is 11.6 Å². The van der Waals surface area contributed by atoms with Crippen LogP contribution in [0.4, 0.5) is 17.1 Å². The first kappa shape index (κ1) is 24.7. The molecule has 0 aliphatic carbocycles. The van der Waals surface area contributed by atoms with Crippen LogP contribution in [0.3, 0.4) is 0 Å². The lowest BCUT2D eigenvalue weighted by molar-refractivity contribution is -0.120. The lowest BCUT2D eigenvalue weighted by Gasteiger charge is -2.18. The van der Waals surface area contributed by atoms with Crippen LogP contribution in [-0.4, -0.2) is 37.3 Å². The first-order valence-corrected chi connectivity index (χ1v) is 11.5. The van der Waals surface area contributed by atoms with Crippen molar-refractivity contribution in [3.8, 4) is 0 Å². The molecule has 1 aliphatic heterocycles. The maximum Gasteiger partial charge on any atom is 0.338 e. The van der Waals surface area contributed by atoms with Crippen LogP contribution < -0.4 is 15.1 Å². The van der Waals surface area contributed by atoms with Gasteiger partial charge in [0.1, 0.15) is 10.7 Å². The number of carbonyl (C=O) groups is 4. The third-order valence-corrected chi connectivity index (χ3v) is 5.82. The molecule has 4 rings (SSSR count). The maximum atomic E-state index is 13.2. The van der Waals surface area contributed by atoms with E-state index in [0.29, 0.717) is 11.3 Å². The summed E-state index contributed by atoms with van der Waals surface area (Å²) in [5, 5.41) is 2.57. The Morgan fingerprint density at radius 2 is 1.61 bits per heavy atom. The smallest absolute Gasteiger partial charge is 0.338 e. The van der Waals surface area contributed by atoms with Gasteiger partial charge in [-0.1, -0.05) is 41.9 Å². The molecule has 0 bridgehead atoms. The van der Waals surface area contributed by atoms with Crippen molar-refractivity contribution in [3.63, 3.8) is 0 Å². The molecule has 3 aromatic carbocycles. The molecule has 0 fully saturated rings. The SMILES string of the molecule is CCOC(=O)c1cccc(N2C(=O)C(Cl)=C(Nc3cccc(C(=O)N(C)c4ccccc4)c3)C2=O)c1. The van der Waals surface area contributed by atoms with Crippen molar-refractivity contribution in [1.82, 2.24) is 0 Å². The molecule has 1 heterocycles. The molecule has 0 saturated heterocycles. The molecule has 1 aliphatic rings. The van der Waals surface area contributed by atoms with Gasteiger partial charge in [0.25, 0.3) is 17.7 Å². The van der Waals surface area contributed by atoms with E-state index >= 15 is 0 Å². The lowest BCUT2D eigenvalue weighted by atomic mass is 10.1. The molecule has 0 radical (unpaired) electrons. The summed E-state index contributed by atoms with van der Waals surface area (Å²) in [6.07, 6.45) is 0. The molecule has 1 N–H and O–H groups in total. The van der Waals surface area contributed by atoms with Crippen LogP contribution in [0.25, 0.3) is 0 Å². The Labute approximate surface area is 212 Å². The quantitative estimate of drug-likeness (QED) is 0.374. The highest BCUT2D eigenvalue weighted by Crippen LogP contribution is 2.31. The summed E-state index contributed by atoms with van der Waals surface area (Å²) >= 11 is 6.24. The molecule has 8 nitrogen and oxygen atoms in total. The van der Waals surface area contributed by atoms with E-state index in [9.17, 15) is 19.2 Å². The van der Waals surface area contributed by atoms with E-state index in [4.69, 9.17) is 16.3 Å². The Bertz CT molecular complexity index is 1390. The number of hydrogen-bond donors (Lipinski definition) is 1. The van der Waals surface area contributed by atoms with Crippen LogP contribution in [0.2, 0.25) is 0 Å². The van der Waals surface area contributed by atoms with Crippen molar-refractivity contribution in [2.24, 2.45) is 0 Å². The molecule has 0 atom stereocenters. The number of esters is 1. The number of nitrogens with one attached hydrogen (secondary N) is 1. The van der Waals surface area contributed by atoms with Crippen LogP contribution in [0.15, 0.2) is 89.6 Å². The van der Waals surface area contributed by atoms with E-state index in [2.05, 4.69) is 5.32 Å². The molecular formula is C27H22ClN3O5. The Kier molecular flexibility index (Phi) is 7.17. The number of amides is 3. The van der Waals surface area contributed by atoms with Crippen LogP contribution in [0, 0.1) is 0 Å². The highest BCUT2D eigenvalue weighted by atomic mass is 35.5. The normalized spacial score (nSPS) is 13.1. The number of imide groups is 1. The summed E-state index contributed by atoms with van der Waals surface area (Å²) in [5.74, 6) is -2.25. The Morgan fingerprint density at radius 3 is 2.33 bits per heavy atom. The summed E-state index contributed by atoms with van der Waals surface area (Å²) in [5.41, 5.74) is 1.74. The molecular weight excluding hydrogens is 482 g/mol. The fraction of sp³-hybridized carbons (Fsp3) is 0.111. The van der Waals surface area contributed by atoms with Crippen LogP contribution in [0.1, 0.15) is 27.6 Å². The number of anilines is 3. The van der Waals surface area contributed by atoms with Gasteiger partial charge in [-0.2, -0.15) is 0 Å². The van der Waals surface area contributed by atoms with Crippen molar-refractivity contribution >= 4 is 52.4 Å². The summed E-state index contributed by atoms with van der Waals surface area (Å²) in [7, 11) is 1.67. The summed E-state index contributed by atoms with van der Waals surface area (Å²) in [4.78, 5) is 53.4. The van der Waals surface area contributed by atoms with Gasteiger partial charge in [0.05, 0.1) is 17.9 Å². The second kappa shape index (κ2) is 10.5. The van der Waals surface area contributed by atoms with Crippen molar-refractivity contribution in [3.05, 3.63) is 101 Å². The number of para-hydroxylation sites is 1. The number of hydrogen-bond acceptors (Lipinski definition) is 6. The molecule has 3 amide bonds. The molecule has 9 heteroatoms. The van der Waals surface area contributed by atoms with Crippen molar-refractivity contribution in [1.29, 1.82) is 0 Å². The highest BCUT2D eigenvalue weighted by molar-refractivity contribution is 6.53. The second-order valence-electron chi connectivity index (χ2n) is 7.81. The van der Waals surface area contributed by atoms with Gasteiger partial charge in [-0.15, -0.1) is 0 Å². The van der Waals surface area contributed by atoms with Gasteiger partial charge >= 0.3 is 5.97 Å². The van der Waals surface area contributed by atoms with E-state index in [1.807, 2.05) is 30.3 Å². The number of halogens is 1. The van der Waals surface area contributed by atoms with E-state index < -0.39 is 17.8 Å². The van der Waals surface area contributed by atoms with Gasteiger partial charge in [0, 0.05) is 24.0 Å². The van der Waals surface area contributed by atoms with E-state index in [1.54, 1.807) is 44.3 Å². The number of nitrogens with zero attached hydrogens (tertiary/aromatic N) is 2. The van der Waals surface area contributed by atoms with E-state index in [-0.39, 0.29) is 34.5 Å². The Hall–Kier alpha value is -4.43. The van der Waals surface area contributed by atoms with Gasteiger partial charge < -0.3 is 15.0 Å². The van der Waals surface area contributed by atoms with Crippen molar-refractivity contribution in [2.45, 2.75) is 6.92 Å². The van der Waals surface area contributed by atoms with Gasteiger partial charge in [-0.25, -0.2) is 9.69 Å². The third-order valence-electron chi connectivity index (χ3n) is 5.47. The number of benzene rings is 3. The Morgan fingerprint density at radius 1 is 0.917 bits per heavy atom. The molecule has 36 heavy (non-hydrogen) atoms. The molecule has 0 unspecified atom stereocenters. The standard InChI is InChI=1S/C27H22ClN3O5/c1-3-36-27(35)18-10-8-14-21(16-18)31-25(33)22(28)23(26(31)34)29-19-11-7-9-17(15-19)24(32)30(2)20-12-5-4-6-13-20/h4-16,29H,3H2,1-2H3. The lowest BCUT2D eigenvalue weighted by Crippen LogP contribution is -2.32. The first-order valence-electron chi connectivity index (χ1n) is 11.1. The van der Waals surface area contributed by atoms with Gasteiger partial charge in [0.2, 0.25) is 0 Å².